The Balaban J connectivity index is 1.35. The number of cyclic esters (lactones) is 1. The number of hydrogen-bond donors (Lipinski definition) is 1. The molecule has 1 aromatic rings. The van der Waals surface area contributed by atoms with Gasteiger partial charge in [-0.2, -0.15) is 0 Å². The highest BCUT2D eigenvalue weighted by atomic mass is 16.8. The fourth-order valence-electron chi connectivity index (χ4n) is 7.04. The van der Waals surface area contributed by atoms with E-state index in [1.54, 1.807) is 46.8 Å². The van der Waals surface area contributed by atoms with Gasteiger partial charge >= 0.3 is 18.1 Å². The Morgan fingerprint density at radius 3 is 2.62 bits per heavy atom. The van der Waals surface area contributed by atoms with Crippen LogP contribution < -0.4 is 9.47 Å². The lowest BCUT2D eigenvalue weighted by molar-refractivity contribution is -0.171. The van der Waals surface area contributed by atoms with Crippen LogP contribution in [-0.2, 0) is 40.4 Å². The summed E-state index contributed by atoms with van der Waals surface area (Å²) < 4.78 is 34.0. The predicted octanol–water partition coefficient (Wildman–Crippen LogP) is 2.89. The molecule has 11 heteroatoms. The first-order valence-electron chi connectivity index (χ1n) is 13.6. The number of ether oxygens (including phenoxy) is 6. The van der Waals surface area contributed by atoms with Crippen molar-refractivity contribution in [3.8, 4) is 11.5 Å². The molecule has 0 saturated carbocycles. The van der Waals surface area contributed by atoms with Gasteiger partial charge in [-0.05, 0) is 64.9 Å². The van der Waals surface area contributed by atoms with E-state index in [-0.39, 0.29) is 30.4 Å². The van der Waals surface area contributed by atoms with Crippen LogP contribution in [0.1, 0.15) is 65.0 Å². The summed E-state index contributed by atoms with van der Waals surface area (Å²) >= 11 is 0. The summed E-state index contributed by atoms with van der Waals surface area (Å²) in [6.07, 6.45) is -0.104. The molecule has 3 aliphatic heterocycles. The van der Waals surface area contributed by atoms with Crippen molar-refractivity contribution in [3.63, 3.8) is 0 Å². The zero-order valence-electron chi connectivity index (χ0n) is 23.6. The molecule has 11 nitrogen and oxygen atoms in total. The second-order valence-electron chi connectivity index (χ2n) is 12.8. The van der Waals surface area contributed by atoms with Crippen LogP contribution in [0.5, 0.6) is 11.5 Å². The molecule has 2 aliphatic carbocycles. The van der Waals surface area contributed by atoms with Gasteiger partial charge in [-0.3, -0.25) is 4.79 Å². The van der Waals surface area contributed by atoms with E-state index in [2.05, 4.69) is 4.90 Å². The Kier molecular flexibility index (Phi) is 5.86. The molecule has 2 bridgehead atoms. The molecular formula is C29H35NO10. The van der Waals surface area contributed by atoms with Crippen LogP contribution in [0.4, 0.5) is 4.79 Å². The van der Waals surface area contributed by atoms with E-state index >= 15 is 0 Å². The van der Waals surface area contributed by atoms with Crippen LogP contribution in [0.25, 0.3) is 0 Å². The second kappa shape index (κ2) is 8.67. The van der Waals surface area contributed by atoms with Crippen molar-refractivity contribution in [1.29, 1.82) is 0 Å². The summed E-state index contributed by atoms with van der Waals surface area (Å²) in [5, 5.41) is 12.4. The van der Waals surface area contributed by atoms with Crippen LogP contribution in [0.15, 0.2) is 24.0 Å². The molecule has 2 saturated heterocycles. The Hall–Kier alpha value is -3.15. The van der Waals surface area contributed by atoms with Gasteiger partial charge < -0.3 is 38.4 Å². The van der Waals surface area contributed by atoms with Gasteiger partial charge in [0.1, 0.15) is 11.4 Å². The van der Waals surface area contributed by atoms with E-state index in [1.807, 2.05) is 13.1 Å². The Labute approximate surface area is 232 Å². The smallest absolute Gasteiger partial charge is 0.477 e. The van der Waals surface area contributed by atoms with Gasteiger partial charge in [-0.15, -0.1) is 0 Å². The van der Waals surface area contributed by atoms with E-state index in [4.69, 9.17) is 28.4 Å². The molecule has 0 radical (unpaired) electrons. The number of benzene rings is 1. The minimum Gasteiger partial charge on any atom is -0.477 e. The standard InChI is InChI=1S/C29H35NO10/c1-26(2,3)40-25(33)36-16-8-7-15-13-19-29(34)10-9-17(35-20(31)14-18-24(32)39-27(4,5)38-18)23-28(29,11-12-30(19)6)21(15)22(16)37-23/h7-9,18-19,23,34H,10-14H2,1-6H3. The lowest BCUT2D eigenvalue weighted by atomic mass is 9.50. The zero-order valence-corrected chi connectivity index (χ0v) is 23.6. The number of aliphatic hydroxyl groups is 1. The van der Waals surface area contributed by atoms with Crippen LogP contribution in [0.2, 0.25) is 0 Å². The molecule has 6 rings (SSSR count). The van der Waals surface area contributed by atoms with Gasteiger partial charge in [-0.25, -0.2) is 9.59 Å². The number of likely N-dealkylation sites (N-methyl/N-ethyl adjacent to an activating group) is 1. The molecule has 0 aromatic heterocycles. The third-order valence-corrected chi connectivity index (χ3v) is 8.54. The molecule has 3 heterocycles. The van der Waals surface area contributed by atoms with Gasteiger partial charge in [0.05, 0.1) is 17.4 Å². The number of carbonyl (C=O) groups excluding carboxylic acids is 3. The Morgan fingerprint density at radius 1 is 1.20 bits per heavy atom. The first-order chi connectivity index (χ1) is 18.6. The number of nitrogens with zero attached hydrogens (tertiary/aromatic N) is 1. The highest BCUT2D eigenvalue weighted by Gasteiger charge is 2.72. The molecule has 2 fully saturated rings. The van der Waals surface area contributed by atoms with Crippen molar-refractivity contribution in [2.24, 2.45) is 0 Å². The lowest BCUT2D eigenvalue weighted by Crippen LogP contribution is -2.74. The summed E-state index contributed by atoms with van der Waals surface area (Å²) in [6, 6.07) is 3.37. The average Bonchev–Trinajstić information content (AvgIpc) is 3.30. The molecular weight excluding hydrogens is 522 g/mol. The summed E-state index contributed by atoms with van der Waals surface area (Å²) in [5.74, 6) is -1.68. The van der Waals surface area contributed by atoms with Gasteiger partial charge in [0, 0.05) is 31.9 Å². The number of likely N-dealkylation sites (tertiary alicyclic amines) is 1. The monoisotopic (exact) mass is 557 g/mol. The van der Waals surface area contributed by atoms with E-state index in [9.17, 15) is 19.5 Å². The number of carbonyl (C=O) groups is 3. The van der Waals surface area contributed by atoms with Gasteiger partial charge in [0.25, 0.3) is 0 Å². The van der Waals surface area contributed by atoms with Crippen LogP contribution in [0, 0.1) is 0 Å². The molecule has 1 aromatic carbocycles. The summed E-state index contributed by atoms with van der Waals surface area (Å²) in [6.45, 7) is 9.10. The van der Waals surface area contributed by atoms with Crippen molar-refractivity contribution in [1.82, 2.24) is 4.90 Å². The van der Waals surface area contributed by atoms with Gasteiger partial charge in [0.15, 0.2) is 23.7 Å². The Morgan fingerprint density at radius 2 is 1.95 bits per heavy atom. The molecule has 5 atom stereocenters. The maximum Gasteiger partial charge on any atom is 0.514 e. The van der Waals surface area contributed by atoms with E-state index in [1.165, 1.54) is 0 Å². The molecule has 1 N–H and O–H groups in total. The third-order valence-electron chi connectivity index (χ3n) is 8.54. The van der Waals surface area contributed by atoms with E-state index < -0.39 is 52.7 Å². The molecule has 40 heavy (non-hydrogen) atoms. The molecule has 5 unspecified atom stereocenters. The first kappa shape index (κ1) is 27.0. The summed E-state index contributed by atoms with van der Waals surface area (Å²) in [7, 11) is 1.99. The minimum absolute atomic E-state index is 0.173. The lowest BCUT2D eigenvalue weighted by Gasteiger charge is -2.61. The molecule has 216 valence electrons. The maximum atomic E-state index is 13.0. The van der Waals surface area contributed by atoms with E-state index in [0.29, 0.717) is 25.1 Å². The highest BCUT2D eigenvalue weighted by molar-refractivity contribution is 5.83. The van der Waals surface area contributed by atoms with Crippen molar-refractivity contribution in [2.45, 2.75) is 101 Å². The van der Waals surface area contributed by atoms with Crippen LogP contribution in [0.3, 0.4) is 0 Å². The Bertz CT molecular complexity index is 1330. The van der Waals surface area contributed by atoms with Crippen LogP contribution >= 0.6 is 0 Å². The topological polar surface area (TPSA) is 130 Å². The minimum atomic E-state index is -1.22. The number of rotatable bonds is 4. The molecule has 1 spiro atoms. The highest BCUT2D eigenvalue weighted by Crippen LogP contribution is 2.65. The van der Waals surface area contributed by atoms with Crippen molar-refractivity contribution >= 4 is 18.1 Å². The zero-order chi connectivity index (χ0) is 28.8. The average molecular weight is 558 g/mol. The van der Waals surface area contributed by atoms with Crippen LogP contribution in [-0.4, -0.2) is 76.9 Å². The van der Waals surface area contributed by atoms with Crippen molar-refractivity contribution in [2.75, 3.05) is 13.6 Å². The number of hydrogen-bond acceptors (Lipinski definition) is 11. The van der Waals surface area contributed by atoms with E-state index in [0.717, 1.165) is 11.1 Å². The first-order valence-corrected chi connectivity index (χ1v) is 13.6. The number of esters is 2. The SMILES string of the molecule is CN1CCC23c4c5ccc(OC(=O)OC(C)(C)C)c4OC2C(OC(=O)CC2OC(C)(C)OC2=O)=CCC3(O)C1C5. The van der Waals surface area contributed by atoms with Crippen molar-refractivity contribution in [3.05, 3.63) is 35.1 Å². The largest absolute Gasteiger partial charge is 0.514 e. The summed E-state index contributed by atoms with van der Waals surface area (Å²) in [4.78, 5) is 40.0. The second-order valence-corrected chi connectivity index (χ2v) is 12.8. The number of piperidine rings is 1. The van der Waals surface area contributed by atoms with Crippen molar-refractivity contribution < 1.29 is 47.9 Å². The fourth-order valence-corrected chi connectivity index (χ4v) is 7.04. The third kappa shape index (κ3) is 4.01. The molecule has 0 amide bonds. The summed E-state index contributed by atoms with van der Waals surface area (Å²) in [5.41, 5.74) is -1.15. The maximum absolute atomic E-state index is 13.0. The van der Waals surface area contributed by atoms with Gasteiger partial charge in [0.2, 0.25) is 5.79 Å². The predicted molar refractivity (Wildman–Crippen MR) is 138 cm³/mol. The normalized spacial score (nSPS) is 33.3. The quantitative estimate of drug-likeness (QED) is 0.333. The molecule has 5 aliphatic rings. The fraction of sp³-hybridized carbons (Fsp3) is 0.621. The van der Waals surface area contributed by atoms with Gasteiger partial charge in [-0.1, -0.05) is 6.07 Å².